The number of hydrogen-bond donors (Lipinski definition) is 2. The molecule has 7 heteroatoms. The molecule has 7 atom stereocenters. The summed E-state index contributed by atoms with van der Waals surface area (Å²) in [6, 6.07) is 9.48. The van der Waals surface area contributed by atoms with Crippen LogP contribution in [-0.4, -0.2) is 59.8 Å². The summed E-state index contributed by atoms with van der Waals surface area (Å²) in [6.45, 7) is 4.92. The van der Waals surface area contributed by atoms with E-state index in [1.165, 1.54) is 6.08 Å². The normalized spacial score (nSPS) is 38.4. The Hall–Kier alpha value is -2.48. The van der Waals surface area contributed by atoms with Gasteiger partial charge >= 0.3 is 11.9 Å². The van der Waals surface area contributed by atoms with Gasteiger partial charge in [0, 0.05) is 11.5 Å². The van der Waals surface area contributed by atoms with Crippen LogP contribution in [0, 0.1) is 22.7 Å². The molecule has 36 heavy (non-hydrogen) atoms. The molecule has 7 nitrogen and oxygen atoms in total. The number of aliphatic hydroxyl groups excluding tert-OH is 2. The second-order valence-electron chi connectivity index (χ2n) is 11.4. The molecule has 2 unspecified atom stereocenters. The SMILES string of the molecule is C[C@]1(CO)C2CC[C@]3(CO3)[C@H](CC(OC(=O)C=Cc3ccccc3)C3=CCOC3=O)[C@@]2(C)CC[C@H]1O. The summed E-state index contributed by atoms with van der Waals surface area (Å²) >= 11 is 0. The quantitative estimate of drug-likeness (QED) is 0.338. The van der Waals surface area contributed by atoms with E-state index in [9.17, 15) is 19.8 Å². The number of benzene rings is 1. The van der Waals surface area contributed by atoms with Crippen molar-refractivity contribution in [3.8, 4) is 0 Å². The largest absolute Gasteiger partial charge is 0.458 e. The number of fused-ring (bicyclic) bond motifs is 1. The second kappa shape index (κ2) is 9.43. The standard InChI is InChI=1S/C29H36O7/c1-27-13-11-24(31)28(2,17-30)22(27)10-14-29(18-35-29)23(27)16-21(20-12-15-34-26(20)33)36-25(32)9-8-19-6-4-3-5-7-19/h3-9,12,21-24,30-31H,10-11,13-18H2,1-2H3/t21?,22?,23-,24-,27+,28+,29+/m1/s1. The van der Waals surface area contributed by atoms with Crippen molar-refractivity contribution in [2.45, 2.75) is 63.8 Å². The average molecular weight is 497 g/mol. The highest BCUT2D eigenvalue weighted by Gasteiger charge is 2.67. The van der Waals surface area contributed by atoms with Crippen molar-refractivity contribution in [2.75, 3.05) is 19.8 Å². The lowest BCUT2D eigenvalue weighted by molar-refractivity contribution is -0.182. The van der Waals surface area contributed by atoms with Crippen LogP contribution in [0.25, 0.3) is 6.08 Å². The molecule has 1 spiro atoms. The summed E-state index contributed by atoms with van der Waals surface area (Å²) in [4.78, 5) is 25.4. The zero-order valence-corrected chi connectivity index (χ0v) is 21.0. The Labute approximate surface area is 212 Å². The average Bonchev–Trinajstić information content (AvgIpc) is 3.52. The number of rotatable bonds is 7. The molecule has 0 aromatic heterocycles. The van der Waals surface area contributed by atoms with Crippen molar-refractivity contribution < 1.29 is 34.0 Å². The van der Waals surface area contributed by atoms with Gasteiger partial charge < -0.3 is 24.4 Å². The van der Waals surface area contributed by atoms with Crippen molar-refractivity contribution in [1.29, 1.82) is 0 Å². The third-order valence-electron chi connectivity index (χ3n) is 9.47. The number of ether oxygens (including phenoxy) is 3. The molecule has 3 fully saturated rings. The maximum Gasteiger partial charge on any atom is 0.337 e. The minimum absolute atomic E-state index is 0.00710. The van der Waals surface area contributed by atoms with Gasteiger partial charge in [0.15, 0.2) is 0 Å². The van der Waals surface area contributed by atoms with E-state index in [1.807, 2.05) is 37.3 Å². The second-order valence-corrected chi connectivity index (χ2v) is 11.4. The maximum absolute atomic E-state index is 12.9. The van der Waals surface area contributed by atoms with E-state index >= 15 is 0 Å². The van der Waals surface area contributed by atoms with Gasteiger partial charge in [0.1, 0.15) is 12.7 Å². The molecule has 4 aliphatic rings. The van der Waals surface area contributed by atoms with Gasteiger partial charge in [-0.15, -0.1) is 0 Å². The van der Waals surface area contributed by atoms with Crippen LogP contribution in [0.15, 0.2) is 48.1 Å². The molecule has 194 valence electrons. The van der Waals surface area contributed by atoms with Gasteiger partial charge in [-0.05, 0) is 67.1 Å². The van der Waals surface area contributed by atoms with Crippen molar-refractivity contribution in [2.24, 2.45) is 22.7 Å². The first kappa shape index (κ1) is 25.2. The topological polar surface area (TPSA) is 106 Å². The summed E-state index contributed by atoms with van der Waals surface area (Å²) in [6.07, 6.45) is 6.92. The molecule has 1 aromatic rings. The van der Waals surface area contributed by atoms with Gasteiger partial charge in [-0.3, -0.25) is 0 Å². The Morgan fingerprint density at radius 3 is 2.61 bits per heavy atom. The molecular formula is C29H36O7. The van der Waals surface area contributed by atoms with Gasteiger partial charge in [-0.1, -0.05) is 44.2 Å². The Balaban J connectivity index is 1.42. The summed E-state index contributed by atoms with van der Waals surface area (Å²) < 4.78 is 17.2. The molecule has 0 bridgehead atoms. The molecule has 5 rings (SSSR count). The fourth-order valence-electron chi connectivity index (χ4n) is 7.31. The summed E-state index contributed by atoms with van der Waals surface area (Å²) in [7, 11) is 0. The molecule has 2 aliphatic heterocycles. The molecular weight excluding hydrogens is 460 g/mol. The molecule has 0 amide bonds. The molecule has 0 radical (unpaired) electrons. The number of carbonyl (C=O) groups is 2. The minimum atomic E-state index is -0.762. The van der Waals surface area contributed by atoms with Crippen LogP contribution in [0.2, 0.25) is 0 Å². The maximum atomic E-state index is 12.9. The Bertz CT molecular complexity index is 1060. The van der Waals surface area contributed by atoms with Crippen molar-refractivity contribution in [3.63, 3.8) is 0 Å². The summed E-state index contributed by atoms with van der Waals surface area (Å²) in [5.74, 6) is -0.904. The fourth-order valence-corrected chi connectivity index (χ4v) is 7.31. The van der Waals surface area contributed by atoms with Crippen molar-refractivity contribution in [1.82, 2.24) is 0 Å². The van der Waals surface area contributed by atoms with E-state index in [1.54, 1.807) is 12.2 Å². The molecule has 2 aliphatic carbocycles. The Kier molecular flexibility index (Phi) is 6.60. The van der Waals surface area contributed by atoms with Crippen LogP contribution in [0.4, 0.5) is 0 Å². The summed E-state index contributed by atoms with van der Waals surface area (Å²) in [5, 5.41) is 21.2. The van der Waals surface area contributed by atoms with Gasteiger partial charge in [-0.2, -0.15) is 0 Å². The van der Waals surface area contributed by atoms with Crippen molar-refractivity contribution in [3.05, 3.63) is 53.6 Å². The third-order valence-corrected chi connectivity index (χ3v) is 9.47. The monoisotopic (exact) mass is 496 g/mol. The number of esters is 2. The molecule has 2 N–H and O–H groups in total. The lowest BCUT2D eigenvalue weighted by Gasteiger charge is -2.61. The van der Waals surface area contributed by atoms with Crippen LogP contribution in [0.5, 0.6) is 0 Å². The van der Waals surface area contributed by atoms with Gasteiger partial charge in [-0.25, -0.2) is 9.59 Å². The van der Waals surface area contributed by atoms with Crippen LogP contribution < -0.4 is 0 Å². The summed E-state index contributed by atoms with van der Waals surface area (Å²) in [5.41, 5.74) is 0.0651. The van der Waals surface area contributed by atoms with Crippen LogP contribution in [-0.2, 0) is 23.8 Å². The van der Waals surface area contributed by atoms with E-state index < -0.39 is 29.6 Å². The highest BCUT2D eigenvalue weighted by Crippen LogP contribution is 2.66. The number of aliphatic hydroxyl groups is 2. The lowest BCUT2D eigenvalue weighted by atomic mass is 9.44. The minimum Gasteiger partial charge on any atom is -0.458 e. The molecule has 1 aromatic carbocycles. The molecule has 2 heterocycles. The first-order valence-electron chi connectivity index (χ1n) is 13.0. The first-order chi connectivity index (χ1) is 17.2. The number of carbonyl (C=O) groups excluding carboxylic acids is 2. The third kappa shape index (κ3) is 4.31. The van der Waals surface area contributed by atoms with Crippen LogP contribution >= 0.6 is 0 Å². The van der Waals surface area contributed by atoms with E-state index in [0.717, 1.165) is 24.8 Å². The number of hydrogen-bond acceptors (Lipinski definition) is 7. The van der Waals surface area contributed by atoms with Gasteiger partial charge in [0.25, 0.3) is 0 Å². The molecule has 2 saturated carbocycles. The zero-order valence-electron chi connectivity index (χ0n) is 21.0. The zero-order chi connectivity index (χ0) is 25.6. The fraction of sp³-hybridized carbons (Fsp3) is 0.586. The predicted octanol–water partition coefficient (Wildman–Crippen LogP) is 3.44. The van der Waals surface area contributed by atoms with Crippen LogP contribution in [0.3, 0.4) is 0 Å². The van der Waals surface area contributed by atoms with Crippen LogP contribution in [0.1, 0.15) is 51.5 Å². The van der Waals surface area contributed by atoms with Crippen molar-refractivity contribution >= 4 is 18.0 Å². The highest BCUT2D eigenvalue weighted by atomic mass is 16.6. The van der Waals surface area contributed by atoms with Gasteiger partial charge in [0.2, 0.25) is 0 Å². The number of epoxide rings is 1. The van der Waals surface area contributed by atoms with E-state index in [0.29, 0.717) is 25.0 Å². The van der Waals surface area contributed by atoms with E-state index in [2.05, 4.69) is 6.92 Å². The Morgan fingerprint density at radius 2 is 1.97 bits per heavy atom. The van der Waals surface area contributed by atoms with Gasteiger partial charge in [0.05, 0.1) is 30.5 Å². The van der Waals surface area contributed by atoms with E-state index in [-0.39, 0.29) is 36.1 Å². The smallest absolute Gasteiger partial charge is 0.337 e. The van der Waals surface area contributed by atoms with E-state index in [4.69, 9.17) is 14.2 Å². The Morgan fingerprint density at radius 1 is 1.22 bits per heavy atom. The molecule has 1 saturated heterocycles. The highest BCUT2D eigenvalue weighted by molar-refractivity contribution is 5.93. The lowest BCUT2D eigenvalue weighted by Crippen LogP contribution is -2.61. The first-order valence-corrected chi connectivity index (χ1v) is 13.0. The number of cyclic esters (lactones) is 1. The predicted molar refractivity (Wildman–Crippen MR) is 132 cm³/mol.